The zero-order valence-electron chi connectivity index (χ0n) is 13.6. The predicted molar refractivity (Wildman–Crippen MR) is 84.2 cm³/mol. The molecule has 2 saturated heterocycles. The SMILES string of the molecule is CC(CN1CCCCC1)NCC1CN(C(C)C)CCO1. The highest BCUT2D eigenvalue weighted by atomic mass is 16.5. The fourth-order valence-electron chi connectivity index (χ4n) is 3.26. The van der Waals surface area contributed by atoms with Crippen molar-refractivity contribution in [3.8, 4) is 0 Å². The van der Waals surface area contributed by atoms with Gasteiger partial charge in [-0.25, -0.2) is 0 Å². The van der Waals surface area contributed by atoms with E-state index in [-0.39, 0.29) is 0 Å². The van der Waals surface area contributed by atoms with Crippen LogP contribution in [0, 0.1) is 0 Å². The Kier molecular flexibility index (Phi) is 6.75. The summed E-state index contributed by atoms with van der Waals surface area (Å²) in [4.78, 5) is 5.12. The Labute approximate surface area is 124 Å². The van der Waals surface area contributed by atoms with E-state index in [4.69, 9.17) is 4.74 Å². The lowest BCUT2D eigenvalue weighted by Crippen LogP contribution is -2.51. The third kappa shape index (κ3) is 5.32. The molecule has 2 atom stereocenters. The third-order valence-corrected chi connectivity index (χ3v) is 4.58. The normalized spacial score (nSPS) is 27.9. The van der Waals surface area contributed by atoms with Gasteiger partial charge >= 0.3 is 0 Å². The van der Waals surface area contributed by atoms with Crippen molar-refractivity contribution in [1.29, 1.82) is 0 Å². The predicted octanol–water partition coefficient (Wildman–Crippen LogP) is 1.56. The topological polar surface area (TPSA) is 27.7 Å². The minimum absolute atomic E-state index is 0.356. The summed E-state index contributed by atoms with van der Waals surface area (Å²) in [5, 5.41) is 3.67. The molecule has 0 aromatic carbocycles. The lowest BCUT2D eigenvalue weighted by atomic mass is 10.1. The quantitative estimate of drug-likeness (QED) is 0.801. The molecule has 0 aromatic rings. The van der Waals surface area contributed by atoms with Crippen LogP contribution < -0.4 is 5.32 Å². The minimum Gasteiger partial charge on any atom is -0.374 e. The first-order chi connectivity index (χ1) is 9.65. The molecule has 2 unspecified atom stereocenters. The van der Waals surface area contributed by atoms with Crippen molar-refractivity contribution >= 4 is 0 Å². The Morgan fingerprint density at radius 3 is 2.55 bits per heavy atom. The van der Waals surface area contributed by atoms with Gasteiger partial charge in [-0.05, 0) is 46.7 Å². The number of ether oxygens (including phenoxy) is 1. The van der Waals surface area contributed by atoms with Crippen molar-refractivity contribution < 1.29 is 4.74 Å². The van der Waals surface area contributed by atoms with Gasteiger partial charge in [0.25, 0.3) is 0 Å². The van der Waals surface area contributed by atoms with Crippen LogP contribution in [-0.4, -0.2) is 73.9 Å². The van der Waals surface area contributed by atoms with E-state index in [1.54, 1.807) is 0 Å². The maximum absolute atomic E-state index is 5.88. The van der Waals surface area contributed by atoms with E-state index in [9.17, 15) is 0 Å². The van der Waals surface area contributed by atoms with E-state index >= 15 is 0 Å². The number of morpholine rings is 1. The molecule has 2 fully saturated rings. The highest BCUT2D eigenvalue weighted by Gasteiger charge is 2.22. The zero-order valence-corrected chi connectivity index (χ0v) is 13.6. The molecule has 0 saturated carbocycles. The summed E-state index contributed by atoms with van der Waals surface area (Å²) >= 11 is 0. The largest absolute Gasteiger partial charge is 0.374 e. The van der Waals surface area contributed by atoms with Crippen LogP contribution in [0.4, 0.5) is 0 Å². The van der Waals surface area contributed by atoms with Gasteiger partial charge in [0.15, 0.2) is 0 Å². The molecular weight excluding hydrogens is 250 g/mol. The Hall–Kier alpha value is -0.160. The fourth-order valence-corrected chi connectivity index (χ4v) is 3.26. The molecule has 1 N–H and O–H groups in total. The Morgan fingerprint density at radius 1 is 1.10 bits per heavy atom. The average Bonchev–Trinajstić information content (AvgIpc) is 2.46. The highest BCUT2D eigenvalue weighted by molar-refractivity contribution is 4.78. The standard InChI is InChI=1S/C16H33N3O/c1-14(2)19-9-10-20-16(13-19)11-17-15(3)12-18-7-5-4-6-8-18/h14-17H,4-13H2,1-3H3. The van der Waals surface area contributed by atoms with Crippen molar-refractivity contribution in [2.45, 2.75) is 58.2 Å². The van der Waals surface area contributed by atoms with Crippen LogP contribution in [-0.2, 0) is 4.74 Å². The van der Waals surface area contributed by atoms with Crippen LogP contribution in [0.1, 0.15) is 40.0 Å². The van der Waals surface area contributed by atoms with Crippen LogP contribution in [0.3, 0.4) is 0 Å². The van der Waals surface area contributed by atoms with Gasteiger partial charge in [0.05, 0.1) is 12.7 Å². The maximum atomic E-state index is 5.88. The molecule has 2 aliphatic heterocycles. The third-order valence-electron chi connectivity index (χ3n) is 4.58. The lowest BCUT2D eigenvalue weighted by molar-refractivity contribution is -0.0383. The molecule has 0 radical (unpaired) electrons. The molecule has 2 heterocycles. The van der Waals surface area contributed by atoms with Gasteiger partial charge in [-0.1, -0.05) is 6.42 Å². The van der Waals surface area contributed by atoms with E-state index in [1.165, 1.54) is 38.9 Å². The van der Waals surface area contributed by atoms with Crippen LogP contribution in [0.15, 0.2) is 0 Å². The first kappa shape index (κ1) is 16.2. The molecule has 2 aliphatic rings. The van der Waals surface area contributed by atoms with E-state index in [0.29, 0.717) is 18.2 Å². The second kappa shape index (κ2) is 8.32. The molecule has 118 valence electrons. The van der Waals surface area contributed by atoms with Crippen molar-refractivity contribution in [1.82, 2.24) is 15.1 Å². The summed E-state index contributed by atoms with van der Waals surface area (Å²) in [6.07, 6.45) is 4.53. The monoisotopic (exact) mass is 283 g/mol. The highest BCUT2D eigenvalue weighted by Crippen LogP contribution is 2.10. The van der Waals surface area contributed by atoms with Crippen molar-refractivity contribution in [3.05, 3.63) is 0 Å². The molecule has 0 aromatic heterocycles. The summed E-state index contributed by atoms with van der Waals surface area (Å²) < 4.78 is 5.88. The van der Waals surface area contributed by atoms with Crippen LogP contribution in [0.2, 0.25) is 0 Å². The maximum Gasteiger partial charge on any atom is 0.0826 e. The Morgan fingerprint density at radius 2 is 1.85 bits per heavy atom. The van der Waals surface area contributed by atoms with Crippen LogP contribution >= 0.6 is 0 Å². The zero-order chi connectivity index (χ0) is 14.4. The van der Waals surface area contributed by atoms with Gasteiger partial charge in [0, 0.05) is 38.3 Å². The molecule has 4 nitrogen and oxygen atoms in total. The lowest BCUT2D eigenvalue weighted by Gasteiger charge is -2.36. The second-order valence-corrected chi connectivity index (χ2v) is 6.75. The number of hydrogen-bond donors (Lipinski definition) is 1. The number of nitrogens with one attached hydrogen (secondary N) is 1. The second-order valence-electron chi connectivity index (χ2n) is 6.75. The number of hydrogen-bond acceptors (Lipinski definition) is 4. The van der Waals surface area contributed by atoms with E-state index in [0.717, 1.165) is 26.2 Å². The summed E-state index contributed by atoms with van der Waals surface area (Å²) in [5.41, 5.74) is 0. The summed E-state index contributed by atoms with van der Waals surface area (Å²) in [6.45, 7) is 14.6. The van der Waals surface area contributed by atoms with Gasteiger partial charge in [-0.2, -0.15) is 0 Å². The molecule has 2 rings (SSSR count). The van der Waals surface area contributed by atoms with Crippen molar-refractivity contribution in [3.63, 3.8) is 0 Å². The Bertz CT molecular complexity index is 266. The van der Waals surface area contributed by atoms with Gasteiger partial charge in [-0.3, -0.25) is 4.90 Å². The summed E-state index contributed by atoms with van der Waals surface area (Å²) in [7, 11) is 0. The number of piperidine rings is 1. The van der Waals surface area contributed by atoms with E-state index in [2.05, 4.69) is 35.9 Å². The number of likely N-dealkylation sites (tertiary alicyclic amines) is 1. The van der Waals surface area contributed by atoms with Crippen molar-refractivity contribution in [2.75, 3.05) is 45.9 Å². The van der Waals surface area contributed by atoms with E-state index < -0.39 is 0 Å². The number of nitrogens with zero attached hydrogens (tertiary/aromatic N) is 2. The first-order valence-corrected chi connectivity index (χ1v) is 8.46. The minimum atomic E-state index is 0.356. The fraction of sp³-hybridized carbons (Fsp3) is 1.00. The molecule has 0 spiro atoms. The van der Waals surface area contributed by atoms with E-state index in [1.807, 2.05) is 0 Å². The number of rotatable bonds is 6. The van der Waals surface area contributed by atoms with Gasteiger partial charge < -0.3 is 15.0 Å². The van der Waals surface area contributed by atoms with Crippen LogP contribution in [0.25, 0.3) is 0 Å². The van der Waals surface area contributed by atoms with Gasteiger partial charge in [-0.15, -0.1) is 0 Å². The summed E-state index contributed by atoms with van der Waals surface area (Å²) in [6, 6.07) is 1.19. The van der Waals surface area contributed by atoms with Crippen LogP contribution in [0.5, 0.6) is 0 Å². The summed E-state index contributed by atoms with van der Waals surface area (Å²) in [5.74, 6) is 0. The molecule has 4 heteroatoms. The molecule has 0 aliphatic carbocycles. The molecule has 0 amide bonds. The van der Waals surface area contributed by atoms with Crippen molar-refractivity contribution in [2.24, 2.45) is 0 Å². The smallest absolute Gasteiger partial charge is 0.0826 e. The average molecular weight is 283 g/mol. The molecule has 0 bridgehead atoms. The Balaban J connectivity index is 1.63. The molecular formula is C16H33N3O. The molecule has 20 heavy (non-hydrogen) atoms. The van der Waals surface area contributed by atoms with Gasteiger partial charge in [0.2, 0.25) is 0 Å². The first-order valence-electron chi connectivity index (χ1n) is 8.46. The van der Waals surface area contributed by atoms with Gasteiger partial charge in [0.1, 0.15) is 0 Å².